The van der Waals surface area contributed by atoms with Crippen molar-refractivity contribution in [2.24, 2.45) is 0 Å². The van der Waals surface area contributed by atoms with Crippen LogP contribution >= 0.6 is 11.3 Å². The van der Waals surface area contributed by atoms with Crippen molar-refractivity contribution in [1.29, 1.82) is 0 Å². The number of pyridine rings is 1. The number of nitrogens with zero attached hydrogens (tertiary/aromatic N) is 3. The van der Waals surface area contributed by atoms with Gasteiger partial charge in [0.2, 0.25) is 0 Å². The molecule has 4 aromatic rings. The Morgan fingerprint density at radius 1 is 1.08 bits per heavy atom. The number of nitrogens with one attached hydrogen (secondary N) is 2. The van der Waals surface area contributed by atoms with Gasteiger partial charge in [-0.1, -0.05) is 29.5 Å². The second kappa shape index (κ2) is 10.5. The van der Waals surface area contributed by atoms with Crippen LogP contribution in [0.3, 0.4) is 0 Å². The number of benzene rings is 2. The van der Waals surface area contributed by atoms with Crippen LogP contribution < -0.4 is 15.4 Å². The van der Waals surface area contributed by atoms with Crippen molar-refractivity contribution in [3.63, 3.8) is 0 Å². The summed E-state index contributed by atoms with van der Waals surface area (Å²) in [6.07, 6.45) is 6.23. The summed E-state index contributed by atoms with van der Waals surface area (Å²) in [6, 6.07) is 15.7. The maximum Gasteiger partial charge on any atom is 0.251 e. The highest BCUT2D eigenvalue weighted by Gasteiger charge is 2.25. The highest BCUT2D eigenvalue weighted by atomic mass is 32.1. The Kier molecular flexibility index (Phi) is 6.95. The summed E-state index contributed by atoms with van der Waals surface area (Å²) in [5.74, 6) is 0.738. The molecule has 2 aromatic heterocycles. The highest BCUT2D eigenvalue weighted by molar-refractivity contribution is 7.17. The number of hydrogen-bond donors (Lipinski definition) is 2. The summed E-state index contributed by atoms with van der Waals surface area (Å²) < 4.78 is 5.90. The van der Waals surface area contributed by atoms with Crippen LogP contribution in [0, 0.1) is 0 Å². The Labute approximate surface area is 215 Å². The van der Waals surface area contributed by atoms with Crippen LogP contribution in [0.4, 0.5) is 5.69 Å². The van der Waals surface area contributed by atoms with E-state index in [-0.39, 0.29) is 18.1 Å². The second-order valence-corrected chi connectivity index (χ2v) is 10.0. The van der Waals surface area contributed by atoms with E-state index in [4.69, 9.17) is 4.74 Å². The molecule has 0 spiro atoms. The van der Waals surface area contributed by atoms with E-state index in [9.17, 15) is 4.79 Å². The van der Waals surface area contributed by atoms with Crippen LogP contribution in [-0.2, 0) is 6.42 Å². The molecule has 0 fully saturated rings. The molecule has 184 valence electrons. The molecule has 1 aliphatic carbocycles. The Hall–Kier alpha value is -3.78. The first-order valence-corrected chi connectivity index (χ1v) is 13.0. The minimum Gasteiger partial charge on any atom is -0.489 e. The van der Waals surface area contributed by atoms with Gasteiger partial charge in [-0.15, -0.1) is 10.2 Å². The molecule has 2 N–H and O–H groups in total. The lowest BCUT2D eigenvalue weighted by Gasteiger charge is -2.27. The first-order chi connectivity index (χ1) is 17.5. The minimum absolute atomic E-state index is 0.0338. The molecule has 0 radical (unpaired) electrons. The number of rotatable bonds is 7. The largest absolute Gasteiger partial charge is 0.489 e. The maximum atomic E-state index is 12.8. The molecular formula is C28H29N5O2S. The summed E-state index contributed by atoms with van der Waals surface area (Å²) in [6.45, 7) is 4.03. The van der Waals surface area contributed by atoms with E-state index in [0.29, 0.717) is 5.56 Å². The van der Waals surface area contributed by atoms with Crippen LogP contribution in [0.5, 0.6) is 5.75 Å². The van der Waals surface area contributed by atoms with Crippen LogP contribution in [0.15, 0.2) is 60.9 Å². The summed E-state index contributed by atoms with van der Waals surface area (Å²) in [4.78, 5) is 16.8. The number of fused-ring (bicyclic) bond motifs is 1. The lowest BCUT2D eigenvalue weighted by Crippen LogP contribution is -2.31. The van der Waals surface area contributed by atoms with E-state index in [1.165, 1.54) is 5.56 Å². The highest BCUT2D eigenvalue weighted by Crippen LogP contribution is 2.39. The molecule has 1 unspecified atom stereocenters. The molecule has 0 saturated heterocycles. The molecule has 0 bridgehead atoms. The third-order valence-electron chi connectivity index (χ3n) is 6.27. The standard InChI is InChI=1S/C28H29N5O2S/c1-17(2)35-25-11-10-19(16-24(25)29-3)27-32-33-28(36-27)22-8-4-7-21-20(22)6-5-9-23(21)31-26(34)18-12-14-30-15-13-18/h4,7-8,10-17,23,29H,5-6,9H2,1-3H3,(H,31,34). The smallest absolute Gasteiger partial charge is 0.251 e. The van der Waals surface area contributed by atoms with Crippen molar-refractivity contribution in [3.8, 4) is 26.9 Å². The molecule has 36 heavy (non-hydrogen) atoms. The zero-order chi connectivity index (χ0) is 25.1. The zero-order valence-corrected chi connectivity index (χ0v) is 21.4. The fourth-order valence-electron chi connectivity index (χ4n) is 4.61. The molecule has 5 rings (SSSR count). The molecule has 2 aromatic carbocycles. The fourth-order valence-corrected chi connectivity index (χ4v) is 5.50. The van der Waals surface area contributed by atoms with Gasteiger partial charge in [0.05, 0.1) is 17.8 Å². The third-order valence-corrected chi connectivity index (χ3v) is 7.27. The van der Waals surface area contributed by atoms with E-state index < -0.39 is 0 Å². The van der Waals surface area contributed by atoms with Crippen LogP contribution in [0.1, 0.15) is 54.2 Å². The Morgan fingerprint density at radius 2 is 1.89 bits per heavy atom. The first-order valence-electron chi connectivity index (χ1n) is 12.2. The average molecular weight is 500 g/mol. The van der Waals surface area contributed by atoms with Gasteiger partial charge >= 0.3 is 0 Å². The fraction of sp³-hybridized carbons (Fsp3) is 0.286. The molecule has 8 heteroatoms. The van der Waals surface area contributed by atoms with E-state index >= 15 is 0 Å². The monoisotopic (exact) mass is 499 g/mol. The van der Waals surface area contributed by atoms with Gasteiger partial charge in [-0.3, -0.25) is 9.78 Å². The molecule has 0 aliphatic heterocycles. The average Bonchev–Trinajstić information content (AvgIpc) is 3.39. The van der Waals surface area contributed by atoms with Gasteiger partial charge in [0.25, 0.3) is 5.91 Å². The molecule has 7 nitrogen and oxygen atoms in total. The molecular weight excluding hydrogens is 470 g/mol. The lowest BCUT2D eigenvalue weighted by atomic mass is 9.85. The van der Waals surface area contributed by atoms with Crippen LogP contribution in [0.2, 0.25) is 0 Å². The summed E-state index contributed by atoms with van der Waals surface area (Å²) in [7, 11) is 1.89. The Bertz CT molecular complexity index is 1370. The van der Waals surface area contributed by atoms with E-state index in [0.717, 1.165) is 57.4 Å². The normalized spacial score (nSPS) is 14.8. The Balaban J connectivity index is 1.42. The number of carbonyl (C=O) groups excluding carboxylic acids is 1. The summed E-state index contributed by atoms with van der Waals surface area (Å²) in [5, 5.41) is 17.2. The van der Waals surface area contributed by atoms with E-state index in [2.05, 4.69) is 37.9 Å². The van der Waals surface area contributed by atoms with E-state index in [1.807, 2.05) is 45.2 Å². The molecule has 1 amide bonds. The van der Waals surface area contributed by atoms with Crippen molar-refractivity contribution in [1.82, 2.24) is 20.5 Å². The van der Waals surface area contributed by atoms with Crippen molar-refractivity contribution in [2.45, 2.75) is 45.3 Å². The van der Waals surface area contributed by atoms with Crippen molar-refractivity contribution < 1.29 is 9.53 Å². The van der Waals surface area contributed by atoms with Gasteiger partial charge < -0.3 is 15.4 Å². The predicted octanol–water partition coefficient (Wildman–Crippen LogP) is 5.90. The topological polar surface area (TPSA) is 89.0 Å². The summed E-state index contributed by atoms with van der Waals surface area (Å²) >= 11 is 1.58. The number of anilines is 1. The maximum absolute atomic E-state index is 12.8. The number of carbonyl (C=O) groups is 1. The molecule has 2 heterocycles. The quantitative estimate of drug-likeness (QED) is 0.329. The SMILES string of the molecule is CNc1cc(-c2nnc(-c3cccc4c3CCCC4NC(=O)c3ccncc3)s2)ccc1OC(C)C. The van der Waals surface area contributed by atoms with Gasteiger partial charge in [0.1, 0.15) is 15.8 Å². The predicted molar refractivity (Wildman–Crippen MR) is 143 cm³/mol. The van der Waals surface area contributed by atoms with Gasteiger partial charge in [-0.05, 0) is 74.6 Å². The van der Waals surface area contributed by atoms with Gasteiger partial charge in [-0.2, -0.15) is 0 Å². The van der Waals surface area contributed by atoms with Gasteiger partial charge in [-0.25, -0.2) is 0 Å². The second-order valence-electron chi connectivity index (χ2n) is 9.07. The third kappa shape index (κ3) is 4.95. The summed E-state index contributed by atoms with van der Waals surface area (Å²) in [5.41, 5.74) is 6.02. The van der Waals surface area contributed by atoms with Crippen molar-refractivity contribution >= 4 is 22.9 Å². The molecule has 1 aliphatic rings. The van der Waals surface area contributed by atoms with Crippen LogP contribution in [0.25, 0.3) is 21.1 Å². The molecule has 1 atom stereocenters. The van der Waals surface area contributed by atoms with Gasteiger partial charge in [0.15, 0.2) is 0 Å². The van der Waals surface area contributed by atoms with Crippen LogP contribution in [-0.4, -0.2) is 34.2 Å². The number of hydrogen-bond acceptors (Lipinski definition) is 7. The van der Waals surface area contributed by atoms with E-state index in [1.54, 1.807) is 35.9 Å². The van der Waals surface area contributed by atoms with Gasteiger partial charge in [0, 0.05) is 36.1 Å². The minimum atomic E-state index is -0.0796. The number of aromatic nitrogens is 3. The first kappa shape index (κ1) is 23.9. The molecule has 0 saturated carbocycles. The number of ether oxygens (including phenoxy) is 1. The number of amides is 1. The van der Waals surface area contributed by atoms with Crippen molar-refractivity contribution in [3.05, 3.63) is 77.6 Å². The lowest BCUT2D eigenvalue weighted by molar-refractivity contribution is 0.0932. The van der Waals surface area contributed by atoms with Crippen molar-refractivity contribution in [2.75, 3.05) is 12.4 Å². The Morgan fingerprint density at radius 3 is 2.67 bits per heavy atom. The zero-order valence-electron chi connectivity index (χ0n) is 20.6.